The Kier molecular flexibility index (Phi) is 3.85. The zero-order chi connectivity index (χ0) is 13.8. The third-order valence-corrected chi connectivity index (χ3v) is 2.87. The van der Waals surface area contributed by atoms with Crippen molar-refractivity contribution < 1.29 is 9.53 Å². The number of amides is 2. The smallest absolute Gasteiger partial charge is 0.346 e. The minimum atomic E-state index is -0.342. The van der Waals surface area contributed by atoms with Crippen molar-refractivity contribution in [2.45, 2.75) is 13.0 Å². The van der Waals surface area contributed by atoms with Gasteiger partial charge in [-0.2, -0.15) is 4.99 Å². The summed E-state index contributed by atoms with van der Waals surface area (Å²) in [5.74, 6) is 1.06. The molecule has 1 atom stereocenters. The topological polar surface area (TPSA) is 67.9 Å². The van der Waals surface area contributed by atoms with Gasteiger partial charge in [-0.25, -0.2) is 4.79 Å². The number of amidine groups is 1. The maximum Gasteiger partial charge on any atom is 0.346 e. The first-order chi connectivity index (χ1) is 9.17. The summed E-state index contributed by atoms with van der Waals surface area (Å²) in [5.41, 5.74) is 6.75. The molecule has 2 rings (SSSR count). The fourth-order valence-electron chi connectivity index (χ4n) is 2.12. The SMILES string of the molecule is C=CCN1C(=O)N=C(N)C1c1cccc(OCC)c1. The lowest BCUT2D eigenvalue weighted by Gasteiger charge is -2.23. The van der Waals surface area contributed by atoms with Crippen LogP contribution in [0.1, 0.15) is 18.5 Å². The summed E-state index contributed by atoms with van der Waals surface area (Å²) < 4.78 is 5.46. The van der Waals surface area contributed by atoms with Crippen LogP contribution in [-0.2, 0) is 0 Å². The van der Waals surface area contributed by atoms with Crippen LogP contribution >= 0.6 is 0 Å². The number of benzene rings is 1. The van der Waals surface area contributed by atoms with Gasteiger partial charge in [0.2, 0.25) is 0 Å². The standard InChI is InChI=1S/C14H17N3O2/c1-3-8-17-12(13(15)16-14(17)18)10-6-5-7-11(9-10)19-4-2/h3,5-7,9,12H,1,4,8H2,2H3,(H2,15,16,18). The first-order valence-corrected chi connectivity index (χ1v) is 6.15. The predicted octanol–water partition coefficient (Wildman–Crippen LogP) is 2.11. The molecule has 0 aliphatic carbocycles. The van der Waals surface area contributed by atoms with Crippen molar-refractivity contribution in [3.63, 3.8) is 0 Å². The lowest BCUT2D eigenvalue weighted by Crippen LogP contribution is -2.33. The molecule has 0 spiro atoms. The Morgan fingerprint density at radius 2 is 2.37 bits per heavy atom. The molecule has 0 fully saturated rings. The molecule has 0 aromatic heterocycles. The molecule has 2 amide bonds. The average Bonchev–Trinajstić information content (AvgIpc) is 2.66. The van der Waals surface area contributed by atoms with E-state index in [2.05, 4.69) is 11.6 Å². The van der Waals surface area contributed by atoms with Gasteiger partial charge in [-0.1, -0.05) is 18.2 Å². The van der Waals surface area contributed by atoms with Crippen LogP contribution in [0.25, 0.3) is 0 Å². The number of nitrogens with two attached hydrogens (primary N) is 1. The largest absolute Gasteiger partial charge is 0.494 e. The number of rotatable bonds is 5. The van der Waals surface area contributed by atoms with Crippen molar-refractivity contribution in [2.24, 2.45) is 10.7 Å². The number of hydrogen-bond acceptors (Lipinski definition) is 3. The van der Waals surface area contributed by atoms with Gasteiger partial charge in [-0.3, -0.25) is 0 Å². The zero-order valence-electron chi connectivity index (χ0n) is 10.9. The highest BCUT2D eigenvalue weighted by Gasteiger charge is 2.33. The summed E-state index contributed by atoms with van der Waals surface area (Å²) in [6.07, 6.45) is 1.66. The van der Waals surface area contributed by atoms with Crippen LogP contribution in [0.5, 0.6) is 5.75 Å². The second-order valence-electron chi connectivity index (χ2n) is 4.17. The number of nitrogens with zero attached hydrogens (tertiary/aromatic N) is 2. The Morgan fingerprint density at radius 3 is 3.05 bits per heavy atom. The van der Waals surface area contributed by atoms with Crippen LogP contribution < -0.4 is 10.5 Å². The maximum absolute atomic E-state index is 11.7. The molecule has 0 saturated carbocycles. The van der Waals surface area contributed by atoms with Gasteiger partial charge in [0.05, 0.1) is 6.61 Å². The predicted molar refractivity (Wildman–Crippen MR) is 74.3 cm³/mol. The lowest BCUT2D eigenvalue weighted by atomic mass is 10.1. The Bertz CT molecular complexity index is 525. The van der Waals surface area contributed by atoms with E-state index >= 15 is 0 Å². The van der Waals surface area contributed by atoms with E-state index in [1.54, 1.807) is 11.0 Å². The molecule has 5 heteroatoms. The first kappa shape index (κ1) is 13.1. The van der Waals surface area contributed by atoms with Crippen LogP contribution in [0.4, 0.5) is 4.79 Å². The number of aliphatic imine (C=N–C) groups is 1. The van der Waals surface area contributed by atoms with Gasteiger partial charge in [0, 0.05) is 6.54 Å². The van der Waals surface area contributed by atoms with E-state index in [0.29, 0.717) is 19.0 Å². The summed E-state index contributed by atoms with van der Waals surface area (Å²) in [4.78, 5) is 17.1. The normalized spacial score (nSPS) is 18.4. The second kappa shape index (κ2) is 5.56. The lowest BCUT2D eigenvalue weighted by molar-refractivity contribution is 0.212. The molecule has 1 aliphatic heterocycles. The van der Waals surface area contributed by atoms with Crippen molar-refractivity contribution in [1.29, 1.82) is 0 Å². The van der Waals surface area contributed by atoms with Gasteiger partial charge in [-0.15, -0.1) is 6.58 Å². The number of carbonyl (C=O) groups excluding carboxylic acids is 1. The van der Waals surface area contributed by atoms with Crippen LogP contribution in [0.15, 0.2) is 41.9 Å². The molecule has 1 aliphatic rings. The molecule has 1 unspecified atom stereocenters. The highest BCUT2D eigenvalue weighted by atomic mass is 16.5. The van der Waals surface area contributed by atoms with Gasteiger partial charge < -0.3 is 15.4 Å². The fraction of sp³-hybridized carbons (Fsp3) is 0.286. The van der Waals surface area contributed by atoms with E-state index in [-0.39, 0.29) is 12.1 Å². The zero-order valence-corrected chi connectivity index (χ0v) is 10.9. The van der Waals surface area contributed by atoms with E-state index in [1.807, 2.05) is 31.2 Å². The number of carbonyl (C=O) groups is 1. The number of urea groups is 1. The highest BCUT2D eigenvalue weighted by Crippen LogP contribution is 2.28. The Hall–Kier alpha value is -2.30. The first-order valence-electron chi connectivity index (χ1n) is 6.15. The third kappa shape index (κ3) is 2.59. The van der Waals surface area contributed by atoms with Crippen molar-refractivity contribution >= 4 is 11.9 Å². The van der Waals surface area contributed by atoms with Crippen molar-refractivity contribution in [3.8, 4) is 5.75 Å². The number of ether oxygens (including phenoxy) is 1. The minimum Gasteiger partial charge on any atom is -0.494 e. The molecular weight excluding hydrogens is 242 g/mol. The van der Waals surface area contributed by atoms with Gasteiger partial charge in [-0.05, 0) is 24.6 Å². The van der Waals surface area contributed by atoms with E-state index in [4.69, 9.17) is 10.5 Å². The molecule has 5 nitrogen and oxygen atoms in total. The molecule has 1 heterocycles. The van der Waals surface area contributed by atoms with Crippen LogP contribution in [0.3, 0.4) is 0 Å². The molecule has 0 saturated heterocycles. The molecule has 1 aromatic rings. The number of hydrogen-bond donors (Lipinski definition) is 1. The quantitative estimate of drug-likeness (QED) is 0.823. The van der Waals surface area contributed by atoms with E-state index < -0.39 is 0 Å². The molecule has 0 bridgehead atoms. The Morgan fingerprint density at radius 1 is 1.58 bits per heavy atom. The Balaban J connectivity index is 2.33. The maximum atomic E-state index is 11.7. The molecule has 1 aromatic carbocycles. The van der Waals surface area contributed by atoms with E-state index in [1.165, 1.54) is 0 Å². The average molecular weight is 259 g/mol. The van der Waals surface area contributed by atoms with Gasteiger partial charge in [0.15, 0.2) is 0 Å². The van der Waals surface area contributed by atoms with Gasteiger partial charge in [0.25, 0.3) is 0 Å². The summed E-state index contributed by atoms with van der Waals surface area (Å²) in [5, 5.41) is 0. The van der Waals surface area contributed by atoms with Gasteiger partial charge in [0.1, 0.15) is 17.6 Å². The van der Waals surface area contributed by atoms with Crippen LogP contribution in [0.2, 0.25) is 0 Å². The molecule has 0 radical (unpaired) electrons. The van der Waals surface area contributed by atoms with Crippen LogP contribution in [0, 0.1) is 0 Å². The monoisotopic (exact) mass is 259 g/mol. The van der Waals surface area contributed by atoms with Crippen molar-refractivity contribution in [1.82, 2.24) is 4.90 Å². The third-order valence-electron chi connectivity index (χ3n) is 2.87. The summed E-state index contributed by atoms with van der Waals surface area (Å²) >= 11 is 0. The van der Waals surface area contributed by atoms with Crippen molar-refractivity contribution in [2.75, 3.05) is 13.2 Å². The van der Waals surface area contributed by atoms with E-state index in [0.717, 1.165) is 11.3 Å². The summed E-state index contributed by atoms with van der Waals surface area (Å²) in [7, 11) is 0. The van der Waals surface area contributed by atoms with Gasteiger partial charge >= 0.3 is 6.03 Å². The van der Waals surface area contributed by atoms with Crippen LogP contribution in [-0.4, -0.2) is 29.9 Å². The molecule has 2 N–H and O–H groups in total. The molecule has 19 heavy (non-hydrogen) atoms. The summed E-state index contributed by atoms with van der Waals surface area (Å²) in [6.45, 7) is 6.57. The molecular formula is C14H17N3O2. The van der Waals surface area contributed by atoms with E-state index in [9.17, 15) is 4.79 Å². The second-order valence-corrected chi connectivity index (χ2v) is 4.17. The minimum absolute atomic E-state index is 0.306. The van der Waals surface area contributed by atoms with Crippen molar-refractivity contribution in [3.05, 3.63) is 42.5 Å². The summed E-state index contributed by atoms with van der Waals surface area (Å²) in [6, 6.07) is 6.86. The Labute approximate surface area is 112 Å². The fourth-order valence-corrected chi connectivity index (χ4v) is 2.12. The highest BCUT2D eigenvalue weighted by molar-refractivity contribution is 6.03. The molecule has 100 valence electrons.